The van der Waals surface area contributed by atoms with E-state index in [1.54, 1.807) is 11.1 Å². The van der Waals surface area contributed by atoms with Gasteiger partial charge in [-0.3, -0.25) is 0 Å². The van der Waals surface area contributed by atoms with Gasteiger partial charge in [0.1, 0.15) is 0 Å². The van der Waals surface area contributed by atoms with Crippen molar-refractivity contribution in [1.29, 1.82) is 0 Å². The van der Waals surface area contributed by atoms with E-state index in [1.165, 1.54) is 32.2 Å². The lowest BCUT2D eigenvalue weighted by Crippen LogP contribution is -2.43. The molecule has 15 heavy (non-hydrogen) atoms. The first kappa shape index (κ1) is 9.41. The summed E-state index contributed by atoms with van der Waals surface area (Å²) in [6.45, 7) is 3.64. The maximum Gasteiger partial charge on any atom is 0.00786 e. The molecule has 0 aromatic heterocycles. The first-order valence-corrected chi connectivity index (χ1v) is 6.10. The van der Waals surface area contributed by atoms with Crippen LogP contribution in [0.25, 0.3) is 0 Å². The minimum atomic E-state index is 0.434. The molecule has 2 unspecified atom stereocenters. The van der Waals surface area contributed by atoms with Crippen LogP contribution in [0, 0.1) is 0 Å². The van der Waals surface area contributed by atoms with Crippen LogP contribution < -0.4 is 5.32 Å². The van der Waals surface area contributed by atoms with Crippen LogP contribution >= 0.6 is 0 Å². The van der Waals surface area contributed by atoms with Gasteiger partial charge in [-0.1, -0.05) is 31.2 Å². The number of aryl methyl sites for hydroxylation is 1. The average molecular weight is 201 g/mol. The Morgan fingerprint density at radius 2 is 2.20 bits per heavy atom. The molecule has 0 saturated carbocycles. The van der Waals surface area contributed by atoms with E-state index < -0.39 is 0 Å². The van der Waals surface area contributed by atoms with Crippen molar-refractivity contribution in [1.82, 2.24) is 5.32 Å². The summed E-state index contributed by atoms with van der Waals surface area (Å²) in [5, 5.41) is 3.65. The zero-order chi connectivity index (χ0) is 10.3. The van der Waals surface area contributed by atoms with E-state index in [2.05, 4.69) is 36.5 Å². The largest absolute Gasteiger partial charge is 0.314 e. The number of rotatable bonds is 0. The Bertz CT molecular complexity index is 371. The molecule has 0 amide bonds. The van der Waals surface area contributed by atoms with Crippen molar-refractivity contribution in [2.75, 3.05) is 6.54 Å². The number of piperidine rings is 1. The Morgan fingerprint density at radius 3 is 3.13 bits per heavy atom. The molecule has 1 aliphatic heterocycles. The fraction of sp³-hybridized carbons (Fsp3) is 0.571. The van der Waals surface area contributed by atoms with E-state index in [4.69, 9.17) is 0 Å². The van der Waals surface area contributed by atoms with E-state index in [1.807, 2.05) is 0 Å². The highest BCUT2D eigenvalue weighted by Gasteiger charge is 2.36. The smallest absolute Gasteiger partial charge is 0.00786 e. The first-order chi connectivity index (χ1) is 7.28. The molecule has 1 nitrogen and oxygen atoms in total. The van der Waals surface area contributed by atoms with Gasteiger partial charge in [-0.15, -0.1) is 0 Å². The molecule has 1 fully saturated rings. The van der Waals surface area contributed by atoms with Crippen molar-refractivity contribution in [2.45, 2.75) is 44.1 Å². The SMILES string of the molecule is CC12CCNC(CCc3ccccc31)C2. The normalized spacial score (nSPS) is 34.3. The molecule has 1 heteroatoms. The zero-order valence-corrected chi connectivity index (χ0v) is 9.42. The van der Waals surface area contributed by atoms with Crippen LogP contribution in [-0.2, 0) is 11.8 Å². The summed E-state index contributed by atoms with van der Waals surface area (Å²) < 4.78 is 0. The van der Waals surface area contributed by atoms with Gasteiger partial charge in [0.25, 0.3) is 0 Å². The monoisotopic (exact) mass is 201 g/mol. The first-order valence-electron chi connectivity index (χ1n) is 6.10. The molecule has 1 aliphatic carbocycles. The number of nitrogens with one attached hydrogen (secondary N) is 1. The Kier molecular flexibility index (Phi) is 2.10. The van der Waals surface area contributed by atoms with Crippen molar-refractivity contribution >= 4 is 0 Å². The predicted molar refractivity (Wildman–Crippen MR) is 63.1 cm³/mol. The average Bonchev–Trinajstić information content (AvgIpc) is 2.35. The van der Waals surface area contributed by atoms with Crippen molar-refractivity contribution in [3.8, 4) is 0 Å². The summed E-state index contributed by atoms with van der Waals surface area (Å²) in [6, 6.07) is 9.80. The Labute approximate surface area is 91.9 Å². The van der Waals surface area contributed by atoms with Crippen LogP contribution in [0.2, 0.25) is 0 Å². The van der Waals surface area contributed by atoms with E-state index in [0.29, 0.717) is 5.41 Å². The van der Waals surface area contributed by atoms with Crippen molar-refractivity contribution in [3.63, 3.8) is 0 Å². The van der Waals surface area contributed by atoms with Crippen LogP contribution in [0.1, 0.15) is 37.3 Å². The number of benzene rings is 1. The molecule has 1 N–H and O–H groups in total. The second-order valence-electron chi connectivity index (χ2n) is 5.36. The van der Waals surface area contributed by atoms with E-state index >= 15 is 0 Å². The molecule has 0 radical (unpaired) electrons. The Morgan fingerprint density at radius 1 is 1.33 bits per heavy atom. The topological polar surface area (TPSA) is 12.0 Å². The van der Waals surface area contributed by atoms with E-state index in [0.717, 1.165) is 6.04 Å². The second kappa shape index (κ2) is 3.34. The van der Waals surface area contributed by atoms with Gasteiger partial charge < -0.3 is 5.32 Å². The summed E-state index contributed by atoms with van der Waals surface area (Å²) in [5.41, 5.74) is 3.64. The molecule has 1 saturated heterocycles. The van der Waals surface area contributed by atoms with Gasteiger partial charge in [0.05, 0.1) is 0 Å². The summed E-state index contributed by atoms with van der Waals surface area (Å²) in [7, 11) is 0. The summed E-state index contributed by atoms with van der Waals surface area (Å²) >= 11 is 0. The molecule has 2 aliphatic rings. The quantitative estimate of drug-likeness (QED) is 0.680. The number of fused-ring (bicyclic) bond motifs is 4. The van der Waals surface area contributed by atoms with Gasteiger partial charge in [-0.25, -0.2) is 0 Å². The minimum Gasteiger partial charge on any atom is -0.314 e. The lowest BCUT2D eigenvalue weighted by atomic mass is 9.73. The Hall–Kier alpha value is -0.820. The van der Waals surface area contributed by atoms with E-state index in [9.17, 15) is 0 Å². The number of hydrogen-bond acceptors (Lipinski definition) is 1. The van der Waals surface area contributed by atoms with Crippen LogP contribution in [0.15, 0.2) is 24.3 Å². The molecule has 0 spiro atoms. The summed E-state index contributed by atoms with van der Waals surface area (Å²) in [6.07, 6.45) is 5.18. The third-order valence-electron chi connectivity index (χ3n) is 4.24. The highest BCUT2D eigenvalue weighted by molar-refractivity contribution is 5.36. The third kappa shape index (κ3) is 1.50. The van der Waals surface area contributed by atoms with Crippen LogP contribution in [-0.4, -0.2) is 12.6 Å². The molecule has 2 bridgehead atoms. The van der Waals surface area contributed by atoms with Crippen molar-refractivity contribution in [3.05, 3.63) is 35.4 Å². The lowest BCUT2D eigenvalue weighted by Gasteiger charge is -2.38. The Balaban J connectivity index is 2.10. The fourth-order valence-corrected chi connectivity index (χ4v) is 3.38. The predicted octanol–water partition coefficient (Wildman–Crippen LogP) is 2.64. The molecule has 1 aromatic carbocycles. The lowest BCUT2D eigenvalue weighted by molar-refractivity contribution is 0.273. The van der Waals surface area contributed by atoms with Crippen molar-refractivity contribution in [2.24, 2.45) is 0 Å². The number of hydrogen-bond donors (Lipinski definition) is 1. The van der Waals surface area contributed by atoms with Crippen molar-refractivity contribution < 1.29 is 0 Å². The summed E-state index contributed by atoms with van der Waals surface area (Å²) in [4.78, 5) is 0. The maximum absolute atomic E-state index is 3.65. The third-order valence-corrected chi connectivity index (χ3v) is 4.24. The maximum atomic E-state index is 3.65. The standard InChI is InChI=1S/C14H19N/c1-14-8-9-15-12(10-14)7-6-11-4-2-3-5-13(11)14/h2-5,12,15H,6-10H2,1H3. The van der Waals surface area contributed by atoms with Gasteiger partial charge in [0.15, 0.2) is 0 Å². The minimum absolute atomic E-state index is 0.434. The highest BCUT2D eigenvalue weighted by atomic mass is 14.9. The van der Waals surface area contributed by atoms with Gasteiger partial charge in [-0.2, -0.15) is 0 Å². The zero-order valence-electron chi connectivity index (χ0n) is 9.42. The van der Waals surface area contributed by atoms with Gasteiger partial charge in [-0.05, 0) is 48.8 Å². The fourth-order valence-electron chi connectivity index (χ4n) is 3.38. The molecule has 1 heterocycles. The van der Waals surface area contributed by atoms with Gasteiger partial charge in [0.2, 0.25) is 0 Å². The molecule has 80 valence electrons. The summed E-state index contributed by atoms with van der Waals surface area (Å²) in [5.74, 6) is 0. The van der Waals surface area contributed by atoms with Crippen LogP contribution in [0.3, 0.4) is 0 Å². The van der Waals surface area contributed by atoms with Gasteiger partial charge in [0, 0.05) is 6.04 Å². The molecule has 1 aromatic rings. The van der Waals surface area contributed by atoms with Crippen LogP contribution in [0.4, 0.5) is 0 Å². The molecule has 3 rings (SSSR count). The second-order valence-corrected chi connectivity index (χ2v) is 5.36. The highest BCUT2D eigenvalue weighted by Crippen LogP contribution is 2.40. The van der Waals surface area contributed by atoms with Crippen LogP contribution in [0.5, 0.6) is 0 Å². The molecular weight excluding hydrogens is 182 g/mol. The van der Waals surface area contributed by atoms with E-state index in [-0.39, 0.29) is 0 Å². The molecule has 2 atom stereocenters. The molecular formula is C14H19N. The van der Waals surface area contributed by atoms with Gasteiger partial charge >= 0.3 is 0 Å².